The first-order valence-corrected chi connectivity index (χ1v) is 7.16. The zero-order valence-corrected chi connectivity index (χ0v) is 11.3. The molecule has 0 aliphatic heterocycles. The molecule has 1 atom stereocenters. The number of amides is 1. The third-order valence-electron chi connectivity index (χ3n) is 2.50. The first kappa shape index (κ1) is 15.3. The summed E-state index contributed by atoms with van der Waals surface area (Å²) in [6.07, 6.45) is 0.443. The molecule has 0 aromatic heterocycles. The summed E-state index contributed by atoms with van der Waals surface area (Å²) in [5, 5.41) is 0. The molecular weight excluding hydrogens is 268 g/mol. The molecule has 3 N–H and O–H groups in total. The molecule has 1 rings (SSSR count). The Kier molecular flexibility index (Phi) is 5.20. The van der Waals surface area contributed by atoms with Gasteiger partial charge >= 0.3 is 0 Å². The fraction of sp³-hybridized carbons (Fsp3) is 0.333. The molecule has 0 saturated carbocycles. The van der Waals surface area contributed by atoms with Gasteiger partial charge in [-0.1, -0.05) is 17.7 Å². The molecule has 0 heterocycles. The minimum absolute atomic E-state index is 0.0456. The third-order valence-corrected chi connectivity index (χ3v) is 4.01. The maximum atomic E-state index is 12.0. The molecular formula is C12H16N2O4S. The van der Waals surface area contributed by atoms with Gasteiger partial charge in [0.15, 0.2) is 0 Å². The van der Waals surface area contributed by atoms with E-state index in [-0.39, 0.29) is 17.7 Å². The Morgan fingerprint density at radius 3 is 2.42 bits per heavy atom. The van der Waals surface area contributed by atoms with Crippen molar-refractivity contribution >= 4 is 22.2 Å². The van der Waals surface area contributed by atoms with E-state index < -0.39 is 22.0 Å². The molecule has 0 bridgehead atoms. The smallest absolute Gasteiger partial charge is 0.241 e. The summed E-state index contributed by atoms with van der Waals surface area (Å²) in [7, 11) is -3.77. The number of carbonyl (C=O) groups is 2. The van der Waals surface area contributed by atoms with Gasteiger partial charge in [0.25, 0.3) is 0 Å². The van der Waals surface area contributed by atoms with Gasteiger partial charge < -0.3 is 10.5 Å². The van der Waals surface area contributed by atoms with E-state index >= 15 is 0 Å². The molecule has 0 spiro atoms. The van der Waals surface area contributed by atoms with Crippen LogP contribution in [0.2, 0.25) is 0 Å². The van der Waals surface area contributed by atoms with Crippen LogP contribution in [0.25, 0.3) is 0 Å². The zero-order chi connectivity index (χ0) is 14.5. The van der Waals surface area contributed by atoms with Gasteiger partial charge in [-0.15, -0.1) is 0 Å². The Bertz CT molecular complexity index is 552. The Hall–Kier alpha value is -1.73. The summed E-state index contributed by atoms with van der Waals surface area (Å²) < 4.78 is 26.2. The second-order valence-corrected chi connectivity index (χ2v) is 5.90. The van der Waals surface area contributed by atoms with Crippen molar-refractivity contribution in [1.82, 2.24) is 4.72 Å². The minimum Gasteiger partial charge on any atom is -0.370 e. The molecule has 6 nitrogen and oxygen atoms in total. The van der Waals surface area contributed by atoms with Gasteiger partial charge in [0.2, 0.25) is 15.9 Å². The van der Waals surface area contributed by atoms with Crippen molar-refractivity contribution in [3.05, 3.63) is 29.8 Å². The van der Waals surface area contributed by atoms with Crippen molar-refractivity contribution in [2.45, 2.75) is 30.7 Å². The molecule has 1 aromatic carbocycles. The number of hydrogen-bond acceptors (Lipinski definition) is 4. The van der Waals surface area contributed by atoms with Crippen LogP contribution in [0.4, 0.5) is 0 Å². The number of aldehydes is 1. The highest BCUT2D eigenvalue weighted by Gasteiger charge is 2.19. The lowest BCUT2D eigenvalue weighted by Crippen LogP contribution is -2.36. The van der Waals surface area contributed by atoms with Crippen molar-refractivity contribution in [3.63, 3.8) is 0 Å². The van der Waals surface area contributed by atoms with E-state index in [2.05, 4.69) is 4.72 Å². The van der Waals surface area contributed by atoms with Crippen molar-refractivity contribution < 1.29 is 18.0 Å². The maximum absolute atomic E-state index is 12.0. The molecule has 0 fully saturated rings. The van der Waals surface area contributed by atoms with E-state index in [9.17, 15) is 18.0 Å². The van der Waals surface area contributed by atoms with Crippen molar-refractivity contribution in [1.29, 1.82) is 0 Å². The van der Waals surface area contributed by atoms with E-state index in [0.29, 0.717) is 6.29 Å². The third kappa shape index (κ3) is 4.80. The minimum atomic E-state index is -3.77. The van der Waals surface area contributed by atoms with Crippen molar-refractivity contribution in [2.24, 2.45) is 5.73 Å². The SMILES string of the molecule is Cc1ccc(S(=O)(=O)NC(C=O)CCC(N)=O)cc1. The van der Waals surface area contributed by atoms with Gasteiger partial charge in [0.05, 0.1) is 10.9 Å². The molecule has 0 aliphatic rings. The first-order chi connectivity index (χ1) is 8.85. The summed E-state index contributed by atoms with van der Waals surface area (Å²) in [6, 6.07) is 5.27. The maximum Gasteiger partial charge on any atom is 0.241 e. The summed E-state index contributed by atoms with van der Waals surface area (Å²) in [5.74, 6) is -0.582. The second-order valence-electron chi connectivity index (χ2n) is 4.18. The van der Waals surface area contributed by atoms with Gasteiger partial charge in [0.1, 0.15) is 6.29 Å². The fourth-order valence-electron chi connectivity index (χ4n) is 1.44. The Morgan fingerprint density at radius 1 is 1.37 bits per heavy atom. The standard InChI is InChI=1S/C12H16N2O4S/c1-9-2-5-11(6-3-9)19(17,18)14-10(8-15)4-7-12(13)16/h2-3,5-6,8,10,14H,4,7H2,1H3,(H2,13,16). The van der Waals surface area contributed by atoms with Crippen LogP contribution in [0.5, 0.6) is 0 Å². The number of nitrogens with two attached hydrogens (primary N) is 1. The predicted octanol–water partition coefficient (Wildman–Crippen LogP) is 0.106. The number of hydrogen-bond donors (Lipinski definition) is 2. The highest BCUT2D eigenvalue weighted by Crippen LogP contribution is 2.11. The van der Waals surface area contributed by atoms with E-state index in [1.165, 1.54) is 12.1 Å². The van der Waals surface area contributed by atoms with Crippen LogP contribution < -0.4 is 10.5 Å². The molecule has 0 saturated heterocycles. The highest BCUT2D eigenvalue weighted by molar-refractivity contribution is 7.89. The van der Waals surface area contributed by atoms with Gasteiger partial charge in [-0.3, -0.25) is 4.79 Å². The number of benzene rings is 1. The number of aryl methyl sites for hydroxylation is 1. The Morgan fingerprint density at radius 2 is 1.95 bits per heavy atom. The second kappa shape index (κ2) is 6.44. The topological polar surface area (TPSA) is 106 Å². The molecule has 19 heavy (non-hydrogen) atoms. The summed E-state index contributed by atoms with van der Waals surface area (Å²) in [4.78, 5) is 21.5. The van der Waals surface area contributed by atoms with E-state index in [1.807, 2.05) is 6.92 Å². The van der Waals surface area contributed by atoms with E-state index in [0.717, 1.165) is 5.56 Å². The van der Waals surface area contributed by atoms with Crippen LogP contribution in [-0.2, 0) is 19.6 Å². The number of rotatable bonds is 7. The average molecular weight is 284 g/mol. The predicted molar refractivity (Wildman–Crippen MR) is 69.8 cm³/mol. The molecule has 1 unspecified atom stereocenters. The number of carbonyl (C=O) groups excluding carboxylic acids is 2. The molecule has 104 valence electrons. The lowest BCUT2D eigenvalue weighted by Gasteiger charge is -2.12. The van der Waals surface area contributed by atoms with Gasteiger partial charge in [-0.05, 0) is 25.5 Å². The molecule has 0 aliphatic carbocycles. The van der Waals surface area contributed by atoms with Crippen LogP contribution in [0, 0.1) is 6.92 Å². The Labute approximate surface area is 112 Å². The van der Waals surface area contributed by atoms with E-state index in [4.69, 9.17) is 5.73 Å². The van der Waals surface area contributed by atoms with Crippen LogP contribution in [-0.4, -0.2) is 26.7 Å². The molecule has 1 amide bonds. The van der Waals surface area contributed by atoms with Gasteiger partial charge in [-0.25, -0.2) is 13.1 Å². The molecule has 7 heteroatoms. The normalized spacial score (nSPS) is 12.9. The van der Waals surface area contributed by atoms with Crippen LogP contribution >= 0.6 is 0 Å². The van der Waals surface area contributed by atoms with Gasteiger partial charge in [0, 0.05) is 6.42 Å². The summed E-state index contributed by atoms with van der Waals surface area (Å²) >= 11 is 0. The van der Waals surface area contributed by atoms with Crippen molar-refractivity contribution in [3.8, 4) is 0 Å². The quantitative estimate of drug-likeness (QED) is 0.693. The van der Waals surface area contributed by atoms with Crippen LogP contribution in [0.1, 0.15) is 18.4 Å². The average Bonchev–Trinajstić information content (AvgIpc) is 2.34. The number of sulfonamides is 1. The lowest BCUT2D eigenvalue weighted by atomic mass is 10.2. The lowest BCUT2D eigenvalue weighted by molar-refractivity contribution is -0.118. The highest BCUT2D eigenvalue weighted by atomic mass is 32.2. The summed E-state index contributed by atoms with van der Waals surface area (Å²) in [6.45, 7) is 1.84. The van der Waals surface area contributed by atoms with Gasteiger partial charge in [-0.2, -0.15) is 0 Å². The first-order valence-electron chi connectivity index (χ1n) is 5.68. The largest absolute Gasteiger partial charge is 0.370 e. The zero-order valence-electron chi connectivity index (χ0n) is 10.5. The molecule has 0 radical (unpaired) electrons. The van der Waals surface area contributed by atoms with Crippen LogP contribution in [0.3, 0.4) is 0 Å². The fourth-order valence-corrected chi connectivity index (χ4v) is 2.64. The number of primary amides is 1. The van der Waals surface area contributed by atoms with Crippen LogP contribution in [0.15, 0.2) is 29.2 Å². The number of nitrogens with one attached hydrogen (secondary N) is 1. The summed E-state index contributed by atoms with van der Waals surface area (Å²) in [5.41, 5.74) is 5.89. The van der Waals surface area contributed by atoms with Crippen molar-refractivity contribution in [2.75, 3.05) is 0 Å². The monoisotopic (exact) mass is 284 g/mol. The van der Waals surface area contributed by atoms with E-state index in [1.54, 1.807) is 12.1 Å². The Balaban J connectivity index is 2.80. The molecule has 1 aromatic rings.